The van der Waals surface area contributed by atoms with Crippen molar-refractivity contribution >= 4 is 18.2 Å². The summed E-state index contributed by atoms with van der Waals surface area (Å²) in [6.45, 7) is 5.16. The molecule has 1 aliphatic carbocycles. The fourth-order valence-corrected chi connectivity index (χ4v) is 6.34. The Morgan fingerprint density at radius 2 is 1.85 bits per heavy atom. The third-order valence-corrected chi connectivity index (χ3v) is 8.76. The molecule has 3 fully saturated rings. The highest BCUT2D eigenvalue weighted by Gasteiger charge is 2.54. The molecule has 14 heteroatoms. The van der Waals surface area contributed by atoms with Gasteiger partial charge in [0.25, 0.3) is 0 Å². The van der Waals surface area contributed by atoms with E-state index in [1.165, 1.54) is 13.2 Å². The largest absolute Gasteiger partial charge is 0.471 e. The number of hydrogen-bond donors (Lipinski definition) is 5. The number of aldehydes is 1. The summed E-state index contributed by atoms with van der Waals surface area (Å²) in [7, 11) is 1.22. The first-order chi connectivity index (χ1) is 19.6. The number of hydrogen-bond acceptors (Lipinski definition) is 14. The van der Waals surface area contributed by atoms with Crippen molar-refractivity contribution in [1.82, 2.24) is 0 Å². The molecule has 41 heavy (non-hydrogen) atoms. The van der Waals surface area contributed by atoms with Crippen molar-refractivity contribution in [2.45, 2.75) is 69.2 Å². The third kappa shape index (κ3) is 6.06. The molecule has 5 N–H and O–H groups in total. The Labute approximate surface area is 236 Å². The fourth-order valence-electron chi connectivity index (χ4n) is 6.34. The smallest absolute Gasteiger partial charge is 0.337 e. The van der Waals surface area contributed by atoms with Crippen LogP contribution in [0.3, 0.4) is 0 Å². The number of ether oxygens (including phenoxy) is 6. The molecule has 4 aliphatic rings. The van der Waals surface area contributed by atoms with E-state index in [2.05, 4.69) is 6.58 Å². The zero-order valence-corrected chi connectivity index (χ0v) is 22.8. The highest BCUT2D eigenvalue weighted by atomic mass is 16.8. The van der Waals surface area contributed by atoms with E-state index >= 15 is 0 Å². The molecule has 2 saturated heterocycles. The van der Waals surface area contributed by atoms with Crippen LogP contribution < -0.4 is 0 Å². The van der Waals surface area contributed by atoms with Gasteiger partial charge < -0.3 is 58.7 Å². The van der Waals surface area contributed by atoms with Crippen molar-refractivity contribution in [3.05, 3.63) is 24.5 Å². The number of esters is 2. The predicted molar refractivity (Wildman–Crippen MR) is 134 cm³/mol. The molecule has 230 valence electrons. The lowest BCUT2D eigenvalue weighted by molar-refractivity contribution is -0.339. The van der Waals surface area contributed by atoms with E-state index in [4.69, 9.17) is 28.4 Å². The molecular weight excluding hydrogens is 548 g/mol. The summed E-state index contributed by atoms with van der Waals surface area (Å²) in [6, 6.07) is 0. The van der Waals surface area contributed by atoms with Crippen LogP contribution in [-0.4, -0.2) is 113 Å². The highest BCUT2D eigenvalue weighted by Crippen LogP contribution is 2.48. The Morgan fingerprint density at radius 1 is 1.12 bits per heavy atom. The Balaban J connectivity index is 1.49. The number of aliphatic hydroxyl groups excluding tert-OH is 5. The number of aliphatic hydroxyl groups is 5. The molecule has 14 atom stereocenters. The van der Waals surface area contributed by atoms with Gasteiger partial charge in [0.1, 0.15) is 42.7 Å². The third-order valence-electron chi connectivity index (χ3n) is 8.76. The lowest BCUT2D eigenvalue weighted by Crippen LogP contribution is -2.60. The van der Waals surface area contributed by atoms with Crippen LogP contribution in [-0.2, 0) is 42.8 Å². The van der Waals surface area contributed by atoms with E-state index in [1.807, 2.05) is 6.92 Å². The van der Waals surface area contributed by atoms with Gasteiger partial charge in [-0.25, -0.2) is 4.79 Å². The van der Waals surface area contributed by atoms with E-state index in [0.717, 1.165) is 6.26 Å². The molecule has 3 heterocycles. The normalized spacial score (nSPS) is 44.1. The van der Waals surface area contributed by atoms with Gasteiger partial charge in [0.2, 0.25) is 6.29 Å². The van der Waals surface area contributed by atoms with Gasteiger partial charge in [-0.1, -0.05) is 13.0 Å². The van der Waals surface area contributed by atoms with Crippen LogP contribution in [0.15, 0.2) is 24.5 Å². The Bertz CT molecular complexity index is 998. The molecule has 3 aliphatic heterocycles. The van der Waals surface area contributed by atoms with Crippen molar-refractivity contribution in [3.63, 3.8) is 0 Å². The lowest BCUT2D eigenvalue weighted by atomic mass is 9.79. The first kappa shape index (κ1) is 31.5. The predicted octanol–water partition coefficient (Wildman–Crippen LogP) is -1.63. The molecule has 1 saturated carbocycles. The summed E-state index contributed by atoms with van der Waals surface area (Å²) in [4.78, 5) is 37.4. The monoisotopic (exact) mass is 586 g/mol. The first-order valence-electron chi connectivity index (χ1n) is 13.5. The van der Waals surface area contributed by atoms with Gasteiger partial charge in [0.15, 0.2) is 12.6 Å². The zero-order valence-electron chi connectivity index (χ0n) is 22.8. The quantitative estimate of drug-likeness (QED) is 0.117. The standard InChI is InChI=1S/C27H38O14/c1-4-12-13(5-6-28)16(10-38-26(12)41-27-22(32)21(31)20(30)18(8-29)40-27)23(33)39-17-7-14-15(11(17)2)9-37-25(35)19(14)24(34)36-3/h4,6,10-15,17-22,25-27,29-32,35H,1,5,7-9H2,2-3H3/t11-,12+,13-,14+,15-,17+,18+,19-,20+,21-,22+,25-,26-,27-/m0/s1. The van der Waals surface area contributed by atoms with Gasteiger partial charge in [-0.15, -0.1) is 6.58 Å². The minimum atomic E-state index is -1.69. The average Bonchev–Trinajstić information content (AvgIpc) is 3.27. The van der Waals surface area contributed by atoms with Crippen LogP contribution in [0, 0.1) is 35.5 Å². The molecule has 0 bridgehead atoms. The number of fused-ring (bicyclic) bond motifs is 1. The Morgan fingerprint density at radius 3 is 2.49 bits per heavy atom. The molecule has 14 nitrogen and oxygen atoms in total. The van der Waals surface area contributed by atoms with Gasteiger partial charge in [-0.05, 0) is 24.2 Å². The minimum absolute atomic E-state index is 0.0403. The van der Waals surface area contributed by atoms with Crippen molar-refractivity contribution in [3.8, 4) is 0 Å². The molecule has 0 spiro atoms. The molecular formula is C27H38O14. The summed E-state index contributed by atoms with van der Waals surface area (Å²) in [5.74, 6) is -4.60. The molecule has 0 unspecified atom stereocenters. The number of methoxy groups -OCH3 is 1. The zero-order chi connectivity index (χ0) is 30.0. The van der Waals surface area contributed by atoms with Gasteiger partial charge in [0.05, 0.1) is 32.2 Å². The van der Waals surface area contributed by atoms with E-state index < -0.39 is 85.7 Å². The first-order valence-corrected chi connectivity index (χ1v) is 13.5. The topological polar surface area (TPSA) is 208 Å². The summed E-state index contributed by atoms with van der Waals surface area (Å²) in [6.07, 6.45) is -7.56. The Kier molecular flexibility index (Phi) is 10.2. The van der Waals surface area contributed by atoms with E-state index in [1.54, 1.807) is 0 Å². The Hall–Kier alpha value is -2.43. The second kappa shape index (κ2) is 13.3. The second-order valence-electron chi connectivity index (χ2n) is 10.9. The minimum Gasteiger partial charge on any atom is -0.471 e. The fraction of sp³-hybridized carbons (Fsp3) is 0.741. The SMILES string of the molecule is C=C[C@H]1[C@H](O[C@@H]2O[C@H](CO)[C@@H](O)[C@H](O)[C@H]2O)OC=C(C(=O)O[C@@H]2C[C@@H]3[C@@H](CO[C@H](O)[C@@H]3C(=O)OC)[C@@H]2C)[C@H]1CC=O. The van der Waals surface area contributed by atoms with Crippen LogP contribution in [0.4, 0.5) is 0 Å². The molecule has 4 rings (SSSR count). The van der Waals surface area contributed by atoms with Crippen molar-refractivity contribution in [2.24, 2.45) is 35.5 Å². The molecule has 0 aromatic carbocycles. The molecule has 0 amide bonds. The molecule has 0 aromatic rings. The summed E-state index contributed by atoms with van der Waals surface area (Å²) in [5.41, 5.74) is 0.0403. The summed E-state index contributed by atoms with van der Waals surface area (Å²) >= 11 is 0. The second-order valence-corrected chi connectivity index (χ2v) is 10.9. The van der Waals surface area contributed by atoms with E-state index in [9.17, 15) is 39.9 Å². The van der Waals surface area contributed by atoms with Crippen LogP contribution >= 0.6 is 0 Å². The van der Waals surface area contributed by atoms with Crippen LogP contribution in [0.5, 0.6) is 0 Å². The maximum absolute atomic E-state index is 13.4. The van der Waals surface area contributed by atoms with Crippen molar-refractivity contribution < 1.29 is 68.3 Å². The summed E-state index contributed by atoms with van der Waals surface area (Å²) in [5, 5.41) is 50.2. The van der Waals surface area contributed by atoms with Crippen LogP contribution in [0.25, 0.3) is 0 Å². The summed E-state index contributed by atoms with van der Waals surface area (Å²) < 4.78 is 32.9. The van der Waals surface area contributed by atoms with Crippen LogP contribution in [0.1, 0.15) is 19.8 Å². The van der Waals surface area contributed by atoms with Crippen molar-refractivity contribution in [2.75, 3.05) is 20.3 Å². The van der Waals surface area contributed by atoms with Crippen molar-refractivity contribution in [1.29, 1.82) is 0 Å². The molecule has 0 aromatic heterocycles. The van der Waals surface area contributed by atoms with Gasteiger partial charge in [-0.3, -0.25) is 4.79 Å². The highest BCUT2D eigenvalue weighted by molar-refractivity contribution is 5.89. The maximum atomic E-state index is 13.4. The van der Waals surface area contributed by atoms with Gasteiger partial charge >= 0.3 is 11.9 Å². The van der Waals surface area contributed by atoms with E-state index in [0.29, 0.717) is 6.29 Å². The van der Waals surface area contributed by atoms with E-state index in [-0.39, 0.29) is 42.8 Å². The van der Waals surface area contributed by atoms with Crippen LogP contribution in [0.2, 0.25) is 0 Å². The van der Waals surface area contributed by atoms with Gasteiger partial charge in [-0.2, -0.15) is 0 Å². The number of carbonyl (C=O) groups excluding carboxylic acids is 3. The maximum Gasteiger partial charge on any atom is 0.337 e. The van der Waals surface area contributed by atoms with Gasteiger partial charge in [0, 0.05) is 18.3 Å². The average molecular weight is 587 g/mol. The molecule has 0 radical (unpaired) electrons. The number of carbonyl (C=O) groups is 3. The number of rotatable bonds is 9. The lowest BCUT2D eigenvalue weighted by Gasteiger charge is -2.43.